The Labute approximate surface area is 264 Å². The maximum Gasteiger partial charge on any atom is 0.264 e. The topological polar surface area (TPSA) is 96.0 Å². The van der Waals surface area contributed by atoms with Gasteiger partial charge in [0.2, 0.25) is 11.8 Å². The minimum Gasteiger partial charge on any atom is -0.497 e. The van der Waals surface area contributed by atoms with Gasteiger partial charge >= 0.3 is 0 Å². The zero-order valence-electron chi connectivity index (χ0n) is 24.3. The molecule has 230 valence electrons. The predicted molar refractivity (Wildman–Crippen MR) is 170 cm³/mol. The number of rotatable bonds is 12. The Morgan fingerprint density at radius 1 is 0.953 bits per heavy atom. The van der Waals surface area contributed by atoms with E-state index in [1.165, 1.54) is 23.1 Å². The van der Waals surface area contributed by atoms with Crippen molar-refractivity contribution in [1.29, 1.82) is 0 Å². The lowest BCUT2D eigenvalue weighted by Crippen LogP contribution is -2.54. The number of hydrogen-bond donors (Lipinski definition) is 1. The Kier molecular flexibility index (Phi) is 11.3. The lowest BCUT2D eigenvalue weighted by Gasteiger charge is -2.34. The Hall–Kier alpha value is -3.27. The molecule has 0 saturated heterocycles. The van der Waals surface area contributed by atoms with E-state index < -0.39 is 28.5 Å². The number of benzene rings is 3. The molecule has 8 nitrogen and oxygen atoms in total. The maximum atomic E-state index is 14.3. The van der Waals surface area contributed by atoms with E-state index in [4.69, 9.17) is 27.9 Å². The molecule has 0 radical (unpaired) electrons. The number of sulfonamides is 1. The van der Waals surface area contributed by atoms with Gasteiger partial charge in [0.1, 0.15) is 18.3 Å². The van der Waals surface area contributed by atoms with Gasteiger partial charge in [-0.3, -0.25) is 13.9 Å². The lowest BCUT2D eigenvalue weighted by molar-refractivity contribution is -0.140. The summed E-state index contributed by atoms with van der Waals surface area (Å²) in [5.74, 6) is -0.161. The molecule has 0 heterocycles. The van der Waals surface area contributed by atoms with Crippen molar-refractivity contribution in [3.63, 3.8) is 0 Å². The standard InChI is InChI=1S/C32H37Cl2N3O5S/c1-3-28(32(39)35-24-11-6-4-7-12-24)36(21-23-17-19-25(42-2)20-18-23)30(38)22-37(29-16-10-15-27(33)31(29)34)43(40,41)26-13-8-5-9-14-26/h5,8-10,13-20,24,28H,3-4,6-7,11-12,21-22H2,1-2H3,(H,35,39). The number of carbonyl (C=O) groups is 2. The fraction of sp³-hybridized carbons (Fsp3) is 0.375. The molecule has 3 aromatic rings. The molecule has 1 N–H and O–H groups in total. The van der Waals surface area contributed by atoms with E-state index in [2.05, 4.69) is 5.32 Å². The highest BCUT2D eigenvalue weighted by atomic mass is 35.5. The van der Waals surface area contributed by atoms with Crippen molar-refractivity contribution in [1.82, 2.24) is 10.2 Å². The lowest BCUT2D eigenvalue weighted by atomic mass is 9.95. The third-order valence-corrected chi connectivity index (χ3v) is 10.2. The van der Waals surface area contributed by atoms with Gasteiger partial charge in [0, 0.05) is 12.6 Å². The second kappa shape index (κ2) is 14.9. The van der Waals surface area contributed by atoms with Crippen LogP contribution in [-0.4, -0.2) is 50.9 Å². The summed E-state index contributed by atoms with van der Waals surface area (Å²) in [5.41, 5.74) is 0.826. The molecule has 1 saturated carbocycles. The Balaban J connectivity index is 1.72. The largest absolute Gasteiger partial charge is 0.497 e. The normalized spacial score (nSPS) is 14.5. The number of nitrogens with one attached hydrogen (secondary N) is 1. The van der Waals surface area contributed by atoms with E-state index in [0.29, 0.717) is 12.2 Å². The second-order valence-corrected chi connectivity index (χ2v) is 13.2. The molecule has 11 heteroatoms. The van der Waals surface area contributed by atoms with Gasteiger partial charge in [0.15, 0.2) is 0 Å². The van der Waals surface area contributed by atoms with Gasteiger partial charge in [0.25, 0.3) is 10.0 Å². The van der Waals surface area contributed by atoms with E-state index in [1.807, 2.05) is 19.1 Å². The van der Waals surface area contributed by atoms with Crippen LogP contribution in [0.25, 0.3) is 0 Å². The number of ether oxygens (including phenoxy) is 1. The number of amides is 2. The first-order chi connectivity index (χ1) is 20.6. The second-order valence-electron chi connectivity index (χ2n) is 10.5. The number of nitrogens with zero attached hydrogens (tertiary/aromatic N) is 2. The highest BCUT2D eigenvalue weighted by Crippen LogP contribution is 2.35. The fourth-order valence-corrected chi connectivity index (χ4v) is 7.20. The van der Waals surface area contributed by atoms with E-state index in [9.17, 15) is 18.0 Å². The van der Waals surface area contributed by atoms with Gasteiger partial charge in [-0.05, 0) is 61.2 Å². The van der Waals surface area contributed by atoms with Gasteiger partial charge in [0.05, 0.1) is 27.7 Å². The predicted octanol–water partition coefficient (Wildman–Crippen LogP) is 6.45. The molecule has 0 spiro atoms. The van der Waals surface area contributed by atoms with Crippen LogP contribution < -0.4 is 14.4 Å². The zero-order valence-corrected chi connectivity index (χ0v) is 26.7. The highest BCUT2D eigenvalue weighted by Gasteiger charge is 2.35. The third kappa shape index (κ3) is 8.02. The fourth-order valence-electron chi connectivity index (χ4n) is 5.31. The average Bonchev–Trinajstić information content (AvgIpc) is 3.02. The van der Waals surface area contributed by atoms with E-state index in [0.717, 1.165) is 42.0 Å². The van der Waals surface area contributed by atoms with Crippen LogP contribution >= 0.6 is 23.2 Å². The molecule has 0 aromatic heterocycles. The van der Waals surface area contributed by atoms with Gasteiger partial charge < -0.3 is 15.0 Å². The Bertz CT molecular complexity index is 1500. The summed E-state index contributed by atoms with van der Waals surface area (Å²) in [6.07, 6.45) is 5.36. The third-order valence-electron chi connectivity index (χ3n) is 7.66. The van der Waals surface area contributed by atoms with Crippen molar-refractivity contribution >= 4 is 50.7 Å². The number of hydrogen-bond acceptors (Lipinski definition) is 5. The molecule has 1 aliphatic carbocycles. The SMILES string of the molecule is CCC(C(=O)NC1CCCCC1)N(Cc1ccc(OC)cc1)C(=O)CN(c1cccc(Cl)c1Cl)S(=O)(=O)c1ccccc1. The summed E-state index contributed by atoms with van der Waals surface area (Å²) in [7, 11) is -2.69. The van der Waals surface area contributed by atoms with Gasteiger partial charge in [-0.25, -0.2) is 8.42 Å². The summed E-state index contributed by atoms with van der Waals surface area (Å²) >= 11 is 12.8. The van der Waals surface area contributed by atoms with Crippen molar-refractivity contribution in [3.8, 4) is 5.75 Å². The molecule has 0 aliphatic heterocycles. The summed E-state index contributed by atoms with van der Waals surface area (Å²) < 4.78 is 34.2. The summed E-state index contributed by atoms with van der Waals surface area (Å²) in [6, 6.07) is 18.8. The van der Waals surface area contributed by atoms with Gasteiger partial charge in [-0.1, -0.05) is 85.8 Å². The molecule has 2 amide bonds. The zero-order chi connectivity index (χ0) is 31.0. The molecule has 0 bridgehead atoms. The monoisotopic (exact) mass is 645 g/mol. The molecule has 1 atom stereocenters. The molecule has 4 rings (SSSR count). The van der Waals surface area contributed by atoms with Crippen LogP contribution in [0.15, 0.2) is 77.7 Å². The van der Waals surface area contributed by atoms with Crippen LogP contribution in [0.4, 0.5) is 5.69 Å². The van der Waals surface area contributed by atoms with Crippen LogP contribution in [-0.2, 0) is 26.2 Å². The van der Waals surface area contributed by atoms with Crippen LogP contribution in [0.5, 0.6) is 5.75 Å². The van der Waals surface area contributed by atoms with E-state index >= 15 is 0 Å². The minimum absolute atomic E-state index is 0.000241. The Morgan fingerprint density at radius 3 is 2.26 bits per heavy atom. The molecular weight excluding hydrogens is 609 g/mol. The van der Waals surface area contributed by atoms with Crippen molar-refractivity contribution in [2.24, 2.45) is 0 Å². The summed E-state index contributed by atoms with van der Waals surface area (Å²) in [5, 5.41) is 3.29. The first-order valence-corrected chi connectivity index (χ1v) is 16.6. The number of anilines is 1. The van der Waals surface area contributed by atoms with Crippen LogP contribution in [0, 0.1) is 0 Å². The van der Waals surface area contributed by atoms with Crippen molar-refractivity contribution in [2.45, 2.75) is 69.0 Å². The quantitative estimate of drug-likeness (QED) is 0.244. The van der Waals surface area contributed by atoms with Gasteiger partial charge in [-0.2, -0.15) is 0 Å². The molecule has 43 heavy (non-hydrogen) atoms. The molecular formula is C32H37Cl2N3O5S. The average molecular weight is 647 g/mol. The van der Waals surface area contributed by atoms with Crippen molar-refractivity contribution in [3.05, 3.63) is 88.4 Å². The van der Waals surface area contributed by atoms with Crippen LogP contribution in [0.3, 0.4) is 0 Å². The van der Waals surface area contributed by atoms with Crippen LogP contribution in [0.1, 0.15) is 51.0 Å². The van der Waals surface area contributed by atoms with Gasteiger partial charge in [-0.15, -0.1) is 0 Å². The molecule has 3 aromatic carbocycles. The van der Waals surface area contributed by atoms with Crippen molar-refractivity contribution < 1.29 is 22.7 Å². The van der Waals surface area contributed by atoms with Crippen LogP contribution in [0.2, 0.25) is 10.0 Å². The number of halogens is 2. The number of methoxy groups -OCH3 is 1. The summed E-state index contributed by atoms with van der Waals surface area (Å²) in [4.78, 5) is 29.4. The first-order valence-electron chi connectivity index (χ1n) is 14.4. The maximum absolute atomic E-state index is 14.3. The summed E-state index contributed by atoms with van der Waals surface area (Å²) in [6.45, 7) is 1.33. The van der Waals surface area contributed by atoms with E-state index in [1.54, 1.807) is 49.6 Å². The highest BCUT2D eigenvalue weighted by molar-refractivity contribution is 7.92. The smallest absolute Gasteiger partial charge is 0.264 e. The minimum atomic E-state index is -4.25. The Morgan fingerprint density at radius 2 is 1.63 bits per heavy atom. The molecule has 1 unspecified atom stereocenters. The number of carbonyl (C=O) groups excluding carboxylic acids is 2. The molecule has 1 fully saturated rings. The molecule has 1 aliphatic rings. The van der Waals surface area contributed by atoms with E-state index in [-0.39, 0.29) is 39.1 Å². The first kappa shape index (κ1) is 32.6. The van der Waals surface area contributed by atoms with Crippen molar-refractivity contribution in [2.75, 3.05) is 18.0 Å².